The fraction of sp³-hybridized carbons (Fsp3) is 0.857. The molecule has 1 saturated heterocycles. The van der Waals surface area contributed by atoms with E-state index < -0.39 is 5.54 Å². The molecule has 0 atom stereocenters. The average molecular weight is 250 g/mol. The van der Waals surface area contributed by atoms with Gasteiger partial charge in [0.1, 0.15) is 5.54 Å². The maximum absolute atomic E-state index is 12.6. The van der Waals surface area contributed by atoms with Gasteiger partial charge in [-0.1, -0.05) is 19.8 Å². The molecule has 0 unspecified atom stereocenters. The number of amides is 3. The third-order valence-corrected chi connectivity index (χ3v) is 5.01. The molecule has 0 aromatic heterocycles. The molecule has 2 aliphatic carbocycles. The summed E-state index contributed by atoms with van der Waals surface area (Å²) in [4.78, 5) is 26.3. The van der Waals surface area contributed by atoms with Crippen molar-refractivity contribution in [3.8, 4) is 0 Å². The van der Waals surface area contributed by atoms with Gasteiger partial charge in [-0.25, -0.2) is 4.79 Å². The van der Waals surface area contributed by atoms with Crippen molar-refractivity contribution in [2.45, 2.75) is 69.9 Å². The molecule has 3 rings (SSSR count). The van der Waals surface area contributed by atoms with Gasteiger partial charge in [-0.2, -0.15) is 0 Å². The molecule has 3 fully saturated rings. The molecule has 0 bridgehead atoms. The highest BCUT2D eigenvalue weighted by molar-refractivity contribution is 6.07. The number of nitrogens with one attached hydrogen (secondary N) is 1. The van der Waals surface area contributed by atoms with Crippen LogP contribution >= 0.6 is 0 Å². The van der Waals surface area contributed by atoms with E-state index in [1.54, 1.807) is 4.90 Å². The Morgan fingerprint density at radius 2 is 1.72 bits per heavy atom. The van der Waals surface area contributed by atoms with Gasteiger partial charge in [0.05, 0.1) is 0 Å². The topological polar surface area (TPSA) is 49.4 Å². The van der Waals surface area contributed by atoms with E-state index in [1.807, 2.05) is 0 Å². The largest absolute Gasteiger partial charge is 0.325 e. The highest BCUT2D eigenvalue weighted by atomic mass is 16.2. The van der Waals surface area contributed by atoms with E-state index in [0.717, 1.165) is 51.4 Å². The third kappa shape index (κ3) is 1.73. The minimum atomic E-state index is -0.549. The number of rotatable bonds is 1. The van der Waals surface area contributed by atoms with Gasteiger partial charge >= 0.3 is 6.03 Å². The lowest BCUT2D eigenvalue weighted by Gasteiger charge is -2.34. The molecule has 0 aromatic rings. The Morgan fingerprint density at radius 3 is 2.33 bits per heavy atom. The van der Waals surface area contributed by atoms with Gasteiger partial charge in [-0.05, 0) is 44.4 Å². The molecule has 1 heterocycles. The molecule has 0 radical (unpaired) electrons. The van der Waals surface area contributed by atoms with Crippen LogP contribution in [0.4, 0.5) is 4.79 Å². The number of nitrogens with zero attached hydrogens (tertiary/aromatic N) is 1. The molecule has 1 spiro atoms. The quantitative estimate of drug-likeness (QED) is 0.727. The molecule has 100 valence electrons. The minimum Gasteiger partial charge on any atom is -0.323 e. The lowest BCUT2D eigenvalue weighted by molar-refractivity contribution is -0.134. The summed E-state index contributed by atoms with van der Waals surface area (Å²) in [6, 6.07) is 0.0256. The van der Waals surface area contributed by atoms with Crippen LogP contribution < -0.4 is 5.32 Å². The maximum Gasteiger partial charge on any atom is 0.325 e. The fourth-order valence-electron chi connectivity index (χ4n) is 3.73. The van der Waals surface area contributed by atoms with Crippen LogP contribution in [-0.4, -0.2) is 28.4 Å². The van der Waals surface area contributed by atoms with Gasteiger partial charge in [0.15, 0.2) is 0 Å². The van der Waals surface area contributed by atoms with Crippen LogP contribution in [0.25, 0.3) is 0 Å². The Hall–Kier alpha value is -1.06. The number of imide groups is 1. The zero-order valence-electron chi connectivity index (χ0n) is 11.1. The number of carbonyl (C=O) groups is 2. The molecule has 4 nitrogen and oxygen atoms in total. The summed E-state index contributed by atoms with van der Waals surface area (Å²) in [6.07, 6.45) is 8.01. The maximum atomic E-state index is 12.6. The van der Waals surface area contributed by atoms with Crippen LogP contribution in [-0.2, 0) is 4.79 Å². The molecular weight excluding hydrogens is 228 g/mol. The van der Waals surface area contributed by atoms with Gasteiger partial charge in [0.25, 0.3) is 5.91 Å². The van der Waals surface area contributed by atoms with Crippen LogP contribution in [0.2, 0.25) is 0 Å². The van der Waals surface area contributed by atoms with E-state index in [9.17, 15) is 9.59 Å². The van der Waals surface area contributed by atoms with E-state index in [0.29, 0.717) is 5.92 Å². The molecule has 3 amide bonds. The predicted molar refractivity (Wildman–Crippen MR) is 68.0 cm³/mol. The molecule has 2 saturated carbocycles. The van der Waals surface area contributed by atoms with Crippen molar-refractivity contribution in [1.82, 2.24) is 10.2 Å². The number of hydrogen-bond donors (Lipinski definition) is 1. The molecule has 3 aliphatic rings. The highest BCUT2D eigenvalue weighted by Gasteiger charge is 2.53. The predicted octanol–water partition coefficient (Wildman–Crippen LogP) is 2.43. The Kier molecular flexibility index (Phi) is 2.83. The van der Waals surface area contributed by atoms with Crippen LogP contribution in [0, 0.1) is 5.92 Å². The lowest BCUT2D eigenvalue weighted by atomic mass is 9.77. The van der Waals surface area contributed by atoms with Gasteiger partial charge in [0, 0.05) is 6.04 Å². The van der Waals surface area contributed by atoms with Gasteiger partial charge in [0.2, 0.25) is 0 Å². The van der Waals surface area contributed by atoms with Crippen molar-refractivity contribution in [3.63, 3.8) is 0 Å². The van der Waals surface area contributed by atoms with Crippen molar-refractivity contribution in [2.24, 2.45) is 5.92 Å². The number of urea groups is 1. The van der Waals surface area contributed by atoms with Crippen LogP contribution in [0.15, 0.2) is 0 Å². The van der Waals surface area contributed by atoms with Crippen LogP contribution in [0.5, 0.6) is 0 Å². The second kappa shape index (κ2) is 4.25. The summed E-state index contributed by atoms with van der Waals surface area (Å²) in [5.41, 5.74) is -0.549. The zero-order valence-corrected chi connectivity index (χ0v) is 11.1. The molecule has 18 heavy (non-hydrogen) atoms. The van der Waals surface area contributed by atoms with Crippen molar-refractivity contribution in [1.29, 1.82) is 0 Å². The number of carbonyl (C=O) groups excluding carboxylic acids is 2. The average Bonchev–Trinajstić information content (AvgIpc) is 2.92. The molecule has 1 aliphatic heterocycles. The van der Waals surface area contributed by atoms with Crippen molar-refractivity contribution >= 4 is 11.9 Å². The van der Waals surface area contributed by atoms with E-state index >= 15 is 0 Å². The summed E-state index contributed by atoms with van der Waals surface area (Å²) in [7, 11) is 0. The van der Waals surface area contributed by atoms with E-state index in [1.165, 1.54) is 0 Å². The second-order valence-electron chi connectivity index (χ2n) is 6.31. The van der Waals surface area contributed by atoms with Crippen LogP contribution in [0.1, 0.15) is 58.3 Å². The van der Waals surface area contributed by atoms with Crippen molar-refractivity contribution < 1.29 is 9.59 Å². The van der Waals surface area contributed by atoms with E-state index in [-0.39, 0.29) is 18.0 Å². The number of hydrogen-bond acceptors (Lipinski definition) is 2. The van der Waals surface area contributed by atoms with E-state index in [4.69, 9.17) is 0 Å². The van der Waals surface area contributed by atoms with Gasteiger partial charge in [-0.15, -0.1) is 0 Å². The standard InChI is InChI=1S/C14H22N2O2/c1-10-6-8-14(9-7-10)12(17)16(13(18)15-14)11-4-2-3-5-11/h10-11H,2-9H2,1H3,(H,15,18). The molecule has 4 heteroatoms. The first-order chi connectivity index (χ1) is 8.62. The normalized spacial score (nSPS) is 37.6. The third-order valence-electron chi connectivity index (χ3n) is 5.01. The molecule has 0 aromatic carbocycles. The monoisotopic (exact) mass is 250 g/mol. The first-order valence-corrected chi connectivity index (χ1v) is 7.28. The Labute approximate surface area is 108 Å². The lowest BCUT2D eigenvalue weighted by Crippen LogP contribution is -2.50. The van der Waals surface area contributed by atoms with Gasteiger partial charge in [-0.3, -0.25) is 9.69 Å². The summed E-state index contributed by atoms with van der Waals surface area (Å²) < 4.78 is 0. The van der Waals surface area contributed by atoms with Crippen LogP contribution in [0.3, 0.4) is 0 Å². The summed E-state index contributed by atoms with van der Waals surface area (Å²) in [5.74, 6) is 0.743. The van der Waals surface area contributed by atoms with Crippen molar-refractivity contribution in [3.05, 3.63) is 0 Å². The van der Waals surface area contributed by atoms with Gasteiger partial charge < -0.3 is 5.32 Å². The Bertz CT molecular complexity index is 366. The van der Waals surface area contributed by atoms with E-state index in [2.05, 4.69) is 12.2 Å². The minimum absolute atomic E-state index is 0.0614. The summed E-state index contributed by atoms with van der Waals surface area (Å²) in [6.45, 7) is 2.23. The zero-order chi connectivity index (χ0) is 12.8. The fourth-order valence-corrected chi connectivity index (χ4v) is 3.73. The molecular formula is C14H22N2O2. The first-order valence-electron chi connectivity index (χ1n) is 7.28. The summed E-state index contributed by atoms with van der Waals surface area (Å²) >= 11 is 0. The SMILES string of the molecule is CC1CCC2(CC1)NC(=O)N(C1CCCC1)C2=O. The highest BCUT2D eigenvalue weighted by Crippen LogP contribution is 2.38. The Morgan fingerprint density at radius 1 is 1.11 bits per heavy atom. The Balaban J connectivity index is 1.79. The first kappa shape index (κ1) is 12.0. The second-order valence-corrected chi connectivity index (χ2v) is 6.31. The molecule has 1 N–H and O–H groups in total. The summed E-state index contributed by atoms with van der Waals surface area (Å²) in [5, 5.41) is 3.00. The van der Waals surface area contributed by atoms with Crippen molar-refractivity contribution in [2.75, 3.05) is 0 Å². The smallest absolute Gasteiger partial charge is 0.323 e.